The van der Waals surface area contributed by atoms with E-state index < -0.39 is 5.97 Å². The average Bonchev–Trinajstić information content (AvgIpc) is 2.97. The number of benzene rings is 1. The Bertz CT molecular complexity index is 473. The normalized spacial score (nSPS) is 21.5. The van der Waals surface area contributed by atoms with Gasteiger partial charge in [0.1, 0.15) is 0 Å². The third-order valence-corrected chi connectivity index (χ3v) is 6.43. The van der Waals surface area contributed by atoms with Gasteiger partial charge in [-0.25, -0.2) is 0 Å². The Labute approximate surface area is 141 Å². The minimum atomic E-state index is -0.696. The van der Waals surface area contributed by atoms with Crippen LogP contribution in [0.2, 0.25) is 0 Å². The molecule has 0 aliphatic carbocycles. The summed E-state index contributed by atoms with van der Waals surface area (Å²) in [6, 6.07) is 10.6. The largest absolute Gasteiger partial charge is 0.481 e. The fourth-order valence-electron chi connectivity index (χ4n) is 2.57. The smallest absolute Gasteiger partial charge is 0.303 e. The monoisotopic (exact) mass is 336 g/mol. The van der Waals surface area contributed by atoms with E-state index in [4.69, 9.17) is 5.11 Å². The standard InChI is InChI=1S/C18H24O2S2/c19-18(20)11-7-2-1-4-8-15-12-21-13-16(15)14-22-17-9-5-3-6-10-17/h1,3-6,9-10,15-16H,2,7-8,11-14H2,(H,19,20)/t15-,16-/m0/s1. The van der Waals surface area contributed by atoms with Crippen molar-refractivity contribution >= 4 is 29.5 Å². The Balaban J connectivity index is 1.67. The van der Waals surface area contributed by atoms with Gasteiger partial charge in [0.05, 0.1) is 0 Å². The Hall–Kier alpha value is -0.870. The molecule has 120 valence electrons. The molecule has 1 N–H and O–H groups in total. The molecule has 0 bridgehead atoms. The fourth-order valence-corrected chi connectivity index (χ4v) is 5.40. The van der Waals surface area contributed by atoms with Gasteiger partial charge in [-0.05, 0) is 54.7 Å². The first kappa shape index (κ1) is 17.5. The van der Waals surface area contributed by atoms with Gasteiger partial charge in [-0.3, -0.25) is 4.79 Å². The molecule has 1 heterocycles. The highest BCUT2D eigenvalue weighted by Crippen LogP contribution is 2.36. The van der Waals surface area contributed by atoms with Gasteiger partial charge in [0, 0.05) is 17.1 Å². The lowest BCUT2D eigenvalue weighted by atomic mass is 9.94. The lowest BCUT2D eigenvalue weighted by molar-refractivity contribution is -0.137. The molecule has 1 aromatic rings. The highest BCUT2D eigenvalue weighted by Gasteiger charge is 2.26. The predicted octanol–water partition coefficient (Wildman–Crippen LogP) is 4.96. The van der Waals surface area contributed by atoms with Crippen LogP contribution in [-0.2, 0) is 4.79 Å². The van der Waals surface area contributed by atoms with E-state index in [-0.39, 0.29) is 6.42 Å². The number of unbranched alkanes of at least 4 members (excludes halogenated alkanes) is 1. The summed E-state index contributed by atoms with van der Waals surface area (Å²) in [5.74, 6) is 4.61. The minimum absolute atomic E-state index is 0.278. The summed E-state index contributed by atoms with van der Waals surface area (Å²) in [5, 5.41) is 8.60. The number of carboxylic acid groups (broad SMARTS) is 1. The number of carboxylic acids is 1. The number of allylic oxidation sites excluding steroid dienone is 2. The van der Waals surface area contributed by atoms with Gasteiger partial charge in [-0.2, -0.15) is 11.8 Å². The third kappa shape index (κ3) is 6.49. The molecule has 0 aromatic heterocycles. The zero-order chi connectivity index (χ0) is 15.6. The first-order valence-electron chi connectivity index (χ1n) is 7.88. The van der Waals surface area contributed by atoms with Crippen LogP contribution >= 0.6 is 23.5 Å². The first-order chi connectivity index (χ1) is 10.8. The molecule has 2 atom stereocenters. The van der Waals surface area contributed by atoms with Crippen molar-refractivity contribution in [1.29, 1.82) is 0 Å². The van der Waals surface area contributed by atoms with Gasteiger partial charge >= 0.3 is 5.97 Å². The van der Waals surface area contributed by atoms with Crippen LogP contribution in [-0.4, -0.2) is 28.3 Å². The molecule has 1 aromatic carbocycles. The Kier molecular flexibility index (Phi) is 7.95. The molecule has 2 rings (SSSR count). The van der Waals surface area contributed by atoms with Crippen LogP contribution in [0.5, 0.6) is 0 Å². The molecule has 0 spiro atoms. The average molecular weight is 337 g/mol. The minimum Gasteiger partial charge on any atom is -0.481 e. The van der Waals surface area contributed by atoms with Crippen molar-refractivity contribution in [3.8, 4) is 0 Å². The van der Waals surface area contributed by atoms with Crippen LogP contribution in [0.4, 0.5) is 0 Å². The van der Waals surface area contributed by atoms with Gasteiger partial charge < -0.3 is 5.11 Å². The molecular weight excluding hydrogens is 312 g/mol. The Morgan fingerprint density at radius 3 is 2.77 bits per heavy atom. The summed E-state index contributed by atoms with van der Waals surface area (Å²) < 4.78 is 0. The zero-order valence-corrected chi connectivity index (χ0v) is 14.5. The summed E-state index contributed by atoms with van der Waals surface area (Å²) in [6.45, 7) is 0. The van der Waals surface area contributed by atoms with Crippen LogP contribution in [0, 0.1) is 11.8 Å². The molecule has 2 nitrogen and oxygen atoms in total. The molecule has 0 amide bonds. The molecule has 0 unspecified atom stereocenters. The van der Waals surface area contributed by atoms with Crippen molar-refractivity contribution in [1.82, 2.24) is 0 Å². The van der Waals surface area contributed by atoms with Gasteiger partial charge in [0.2, 0.25) is 0 Å². The molecule has 0 radical (unpaired) electrons. The van der Waals surface area contributed by atoms with E-state index in [2.05, 4.69) is 54.2 Å². The highest BCUT2D eigenvalue weighted by molar-refractivity contribution is 8.00. The Morgan fingerprint density at radius 2 is 2.00 bits per heavy atom. The maximum atomic E-state index is 10.4. The molecule has 22 heavy (non-hydrogen) atoms. The summed E-state index contributed by atoms with van der Waals surface area (Å²) in [4.78, 5) is 11.8. The van der Waals surface area contributed by atoms with E-state index in [0.717, 1.165) is 31.1 Å². The van der Waals surface area contributed by atoms with E-state index in [9.17, 15) is 4.79 Å². The fraction of sp³-hybridized carbons (Fsp3) is 0.500. The van der Waals surface area contributed by atoms with Crippen molar-refractivity contribution in [3.63, 3.8) is 0 Å². The highest BCUT2D eigenvalue weighted by atomic mass is 32.2. The molecular formula is C18H24O2S2. The number of carbonyl (C=O) groups is 1. The van der Waals surface area contributed by atoms with Crippen LogP contribution in [0.3, 0.4) is 0 Å². The quantitative estimate of drug-likeness (QED) is 0.393. The maximum Gasteiger partial charge on any atom is 0.303 e. The van der Waals surface area contributed by atoms with Crippen molar-refractivity contribution < 1.29 is 9.90 Å². The van der Waals surface area contributed by atoms with Gasteiger partial charge in [0.15, 0.2) is 0 Å². The molecule has 0 saturated carbocycles. The van der Waals surface area contributed by atoms with E-state index in [1.54, 1.807) is 0 Å². The van der Waals surface area contributed by atoms with E-state index in [1.165, 1.54) is 22.2 Å². The Morgan fingerprint density at radius 1 is 1.23 bits per heavy atom. The predicted molar refractivity (Wildman–Crippen MR) is 96.7 cm³/mol. The lowest BCUT2D eigenvalue weighted by Gasteiger charge is -2.16. The van der Waals surface area contributed by atoms with E-state index in [0.29, 0.717) is 0 Å². The second kappa shape index (κ2) is 10.0. The second-order valence-electron chi connectivity index (χ2n) is 5.67. The van der Waals surface area contributed by atoms with Gasteiger partial charge in [-0.15, -0.1) is 11.8 Å². The van der Waals surface area contributed by atoms with Crippen molar-refractivity contribution in [3.05, 3.63) is 42.5 Å². The molecule has 1 aliphatic heterocycles. The molecule has 1 aliphatic rings. The van der Waals surface area contributed by atoms with Crippen molar-refractivity contribution in [2.24, 2.45) is 11.8 Å². The topological polar surface area (TPSA) is 37.3 Å². The van der Waals surface area contributed by atoms with Crippen LogP contribution in [0.25, 0.3) is 0 Å². The summed E-state index contributed by atoms with van der Waals surface area (Å²) in [6.07, 6.45) is 7.47. The first-order valence-corrected chi connectivity index (χ1v) is 10.0. The lowest BCUT2D eigenvalue weighted by Crippen LogP contribution is -2.14. The maximum absolute atomic E-state index is 10.4. The number of aliphatic carboxylic acids is 1. The number of hydrogen-bond donors (Lipinski definition) is 1. The van der Waals surface area contributed by atoms with E-state index >= 15 is 0 Å². The van der Waals surface area contributed by atoms with Crippen molar-refractivity contribution in [2.75, 3.05) is 17.3 Å². The van der Waals surface area contributed by atoms with Crippen LogP contribution < -0.4 is 0 Å². The van der Waals surface area contributed by atoms with E-state index in [1.807, 2.05) is 11.8 Å². The van der Waals surface area contributed by atoms with Crippen LogP contribution in [0.15, 0.2) is 47.4 Å². The molecule has 1 saturated heterocycles. The number of thioether (sulfide) groups is 2. The third-order valence-electron chi connectivity index (χ3n) is 3.90. The SMILES string of the molecule is O=C(O)CCCC=CC[C@H]1CSC[C@H]1CSc1ccccc1. The van der Waals surface area contributed by atoms with Gasteiger partial charge in [-0.1, -0.05) is 30.4 Å². The summed E-state index contributed by atoms with van der Waals surface area (Å²) in [7, 11) is 0. The molecule has 1 fully saturated rings. The number of hydrogen-bond acceptors (Lipinski definition) is 3. The summed E-state index contributed by atoms with van der Waals surface area (Å²) >= 11 is 4.04. The molecule has 4 heteroatoms. The summed E-state index contributed by atoms with van der Waals surface area (Å²) in [5.41, 5.74) is 0. The second-order valence-corrected chi connectivity index (χ2v) is 7.84. The van der Waals surface area contributed by atoms with Crippen LogP contribution in [0.1, 0.15) is 25.7 Å². The van der Waals surface area contributed by atoms with Crippen molar-refractivity contribution in [2.45, 2.75) is 30.6 Å². The zero-order valence-electron chi connectivity index (χ0n) is 12.8. The number of rotatable bonds is 9. The van der Waals surface area contributed by atoms with Gasteiger partial charge in [0.25, 0.3) is 0 Å².